The van der Waals surface area contributed by atoms with Gasteiger partial charge in [-0.15, -0.1) is 0 Å². The Morgan fingerprint density at radius 1 is 1.38 bits per heavy atom. The molecular weight excluding hydrogens is 160 g/mol. The molecule has 2 heteroatoms. The van der Waals surface area contributed by atoms with Gasteiger partial charge in [0.1, 0.15) is 0 Å². The molecule has 0 saturated heterocycles. The van der Waals surface area contributed by atoms with Crippen molar-refractivity contribution in [3.63, 3.8) is 0 Å². The normalized spacial score (nSPS) is 24.4. The summed E-state index contributed by atoms with van der Waals surface area (Å²) in [6, 6.07) is 3.38. The van der Waals surface area contributed by atoms with E-state index in [1.54, 1.807) is 0 Å². The molecule has 0 aromatic carbocycles. The van der Waals surface area contributed by atoms with Crippen LogP contribution < -0.4 is 0 Å². The Bertz CT molecular complexity index is 211. The maximum absolute atomic E-state index is 9.01. The first-order chi connectivity index (χ1) is 6.35. The predicted molar refractivity (Wildman–Crippen MR) is 52.1 cm³/mol. The van der Waals surface area contributed by atoms with Crippen LogP contribution in [0.4, 0.5) is 0 Å². The van der Waals surface area contributed by atoms with Gasteiger partial charge in [-0.3, -0.25) is 4.90 Å². The highest BCUT2D eigenvalue weighted by Gasteiger charge is 2.36. The second-order valence-corrected chi connectivity index (χ2v) is 4.42. The lowest BCUT2D eigenvalue weighted by molar-refractivity contribution is 0.209. The summed E-state index contributed by atoms with van der Waals surface area (Å²) in [4.78, 5) is 2.46. The third-order valence-corrected chi connectivity index (χ3v) is 3.12. The Morgan fingerprint density at radius 3 is 2.46 bits per heavy atom. The van der Waals surface area contributed by atoms with Gasteiger partial charge in [-0.25, -0.2) is 0 Å². The summed E-state index contributed by atoms with van der Waals surface area (Å²) in [6.45, 7) is 3.31. The van der Waals surface area contributed by atoms with Gasteiger partial charge in [0, 0.05) is 12.6 Å². The minimum Gasteiger partial charge on any atom is -0.285 e. The second kappa shape index (κ2) is 3.67. The summed E-state index contributed by atoms with van der Waals surface area (Å²) < 4.78 is 0. The fraction of sp³-hybridized carbons (Fsp3) is 0.909. The molecule has 1 atom stereocenters. The molecule has 0 spiro atoms. The highest BCUT2D eigenvalue weighted by atomic mass is 15.2. The van der Waals surface area contributed by atoms with Crippen molar-refractivity contribution in [3.05, 3.63) is 0 Å². The monoisotopic (exact) mass is 178 g/mol. The summed E-state index contributed by atoms with van der Waals surface area (Å²) in [7, 11) is 0. The molecular formula is C11H18N2. The molecule has 13 heavy (non-hydrogen) atoms. The van der Waals surface area contributed by atoms with Gasteiger partial charge in [0.05, 0.1) is 12.1 Å². The number of nitrogens with zero attached hydrogens (tertiary/aromatic N) is 2. The minimum absolute atomic E-state index is 0.188. The largest absolute Gasteiger partial charge is 0.285 e. The zero-order valence-electron chi connectivity index (χ0n) is 8.37. The number of rotatable bonds is 5. The third kappa shape index (κ3) is 2.22. The molecule has 2 fully saturated rings. The topological polar surface area (TPSA) is 27.0 Å². The van der Waals surface area contributed by atoms with Crippen LogP contribution in [0.25, 0.3) is 0 Å². The van der Waals surface area contributed by atoms with Crippen molar-refractivity contribution in [1.82, 2.24) is 4.90 Å². The number of hydrogen-bond donors (Lipinski definition) is 0. The van der Waals surface area contributed by atoms with Crippen molar-refractivity contribution in [1.29, 1.82) is 5.26 Å². The van der Waals surface area contributed by atoms with Crippen LogP contribution in [0.15, 0.2) is 0 Å². The first-order valence-corrected chi connectivity index (χ1v) is 5.50. The Hall–Kier alpha value is -0.550. The molecule has 0 bridgehead atoms. The van der Waals surface area contributed by atoms with Gasteiger partial charge in [0.2, 0.25) is 0 Å². The zero-order valence-corrected chi connectivity index (χ0v) is 8.37. The standard InChI is InChI=1S/C11H18N2/c1-2-10(7-12)13(11-5-6-11)8-9-3-4-9/h9-11H,2-6,8H2,1H3. The molecule has 0 radical (unpaired) electrons. The number of nitriles is 1. The lowest BCUT2D eigenvalue weighted by Gasteiger charge is -2.25. The molecule has 1 unspecified atom stereocenters. The van der Waals surface area contributed by atoms with E-state index in [1.807, 2.05) is 0 Å². The highest BCUT2D eigenvalue weighted by Crippen LogP contribution is 2.36. The van der Waals surface area contributed by atoms with Crippen molar-refractivity contribution in [2.75, 3.05) is 6.54 Å². The van der Waals surface area contributed by atoms with E-state index in [2.05, 4.69) is 17.9 Å². The molecule has 2 nitrogen and oxygen atoms in total. The smallest absolute Gasteiger partial charge is 0.0977 e. The first-order valence-electron chi connectivity index (χ1n) is 5.50. The van der Waals surface area contributed by atoms with E-state index in [-0.39, 0.29) is 6.04 Å². The Morgan fingerprint density at radius 2 is 2.08 bits per heavy atom. The Balaban J connectivity index is 1.90. The van der Waals surface area contributed by atoms with Crippen molar-refractivity contribution < 1.29 is 0 Å². The van der Waals surface area contributed by atoms with E-state index in [9.17, 15) is 0 Å². The van der Waals surface area contributed by atoms with Crippen LogP contribution in [-0.4, -0.2) is 23.5 Å². The minimum atomic E-state index is 0.188. The second-order valence-electron chi connectivity index (χ2n) is 4.42. The molecule has 0 aromatic rings. The highest BCUT2D eigenvalue weighted by molar-refractivity contribution is 4.99. The summed E-state index contributed by atoms with van der Waals surface area (Å²) in [5.41, 5.74) is 0. The average Bonchev–Trinajstić information content (AvgIpc) is 3.00. The predicted octanol–water partition coefficient (Wildman–Crippen LogP) is 2.16. The molecule has 0 aromatic heterocycles. The molecule has 2 aliphatic carbocycles. The average molecular weight is 178 g/mol. The molecule has 2 aliphatic rings. The maximum Gasteiger partial charge on any atom is 0.0977 e. The molecule has 0 aliphatic heterocycles. The van der Waals surface area contributed by atoms with E-state index in [0.29, 0.717) is 0 Å². The van der Waals surface area contributed by atoms with Crippen molar-refractivity contribution in [2.24, 2.45) is 5.92 Å². The van der Waals surface area contributed by atoms with Crippen LogP contribution in [-0.2, 0) is 0 Å². The Labute approximate surface area is 80.5 Å². The fourth-order valence-corrected chi connectivity index (χ4v) is 1.94. The zero-order chi connectivity index (χ0) is 9.26. The van der Waals surface area contributed by atoms with E-state index < -0.39 is 0 Å². The molecule has 0 N–H and O–H groups in total. The van der Waals surface area contributed by atoms with Gasteiger partial charge < -0.3 is 0 Å². The Kier molecular flexibility index (Phi) is 2.55. The van der Waals surface area contributed by atoms with E-state index in [4.69, 9.17) is 5.26 Å². The van der Waals surface area contributed by atoms with Crippen LogP contribution in [0.5, 0.6) is 0 Å². The first kappa shape index (κ1) is 9.02. The van der Waals surface area contributed by atoms with Crippen molar-refractivity contribution >= 4 is 0 Å². The van der Waals surface area contributed by atoms with Crippen LogP contribution >= 0.6 is 0 Å². The van der Waals surface area contributed by atoms with Gasteiger partial charge in [-0.2, -0.15) is 5.26 Å². The summed E-state index contributed by atoms with van der Waals surface area (Å²) in [6.07, 6.45) is 6.42. The summed E-state index contributed by atoms with van der Waals surface area (Å²) in [5.74, 6) is 0.919. The van der Waals surface area contributed by atoms with E-state index in [1.165, 1.54) is 32.2 Å². The lowest BCUT2D eigenvalue weighted by Crippen LogP contribution is -2.37. The van der Waals surface area contributed by atoms with Crippen LogP contribution in [0.2, 0.25) is 0 Å². The van der Waals surface area contributed by atoms with Crippen molar-refractivity contribution in [2.45, 2.75) is 51.1 Å². The van der Waals surface area contributed by atoms with E-state index in [0.717, 1.165) is 18.4 Å². The third-order valence-electron chi connectivity index (χ3n) is 3.12. The number of hydrogen-bond acceptors (Lipinski definition) is 2. The molecule has 2 saturated carbocycles. The molecule has 0 heterocycles. The molecule has 0 amide bonds. The van der Waals surface area contributed by atoms with Gasteiger partial charge >= 0.3 is 0 Å². The SMILES string of the molecule is CCC(C#N)N(CC1CC1)C1CC1. The van der Waals surface area contributed by atoms with E-state index >= 15 is 0 Å². The van der Waals surface area contributed by atoms with Crippen molar-refractivity contribution in [3.8, 4) is 6.07 Å². The maximum atomic E-state index is 9.01. The summed E-state index contributed by atoms with van der Waals surface area (Å²) >= 11 is 0. The van der Waals surface area contributed by atoms with Crippen LogP contribution in [0.1, 0.15) is 39.0 Å². The summed E-state index contributed by atoms with van der Waals surface area (Å²) in [5, 5.41) is 9.01. The van der Waals surface area contributed by atoms with Crippen LogP contribution in [0.3, 0.4) is 0 Å². The van der Waals surface area contributed by atoms with Gasteiger partial charge in [0.15, 0.2) is 0 Å². The fourth-order valence-electron chi connectivity index (χ4n) is 1.94. The molecule has 2 rings (SSSR count). The lowest BCUT2D eigenvalue weighted by atomic mass is 10.2. The molecule has 72 valence electrons. The van der Waals surface area contributed by atoms with Gasteiger partial charge in [0.25, 0.3) is 0 Å². The van der Waals surface area contributed by atoms with Gasteiger partial charge in [-0.05, 0) is 38.0 Å². The van der Waals surface area contributed by atoms with Crippen LogP contribution in [0, 0.1) is 17.2 Å². The van der Waals surface area contributed by atoms with Gasteiger partial charge in [-0.1, -0.05) is 6.92 Å². The quantitative estimate of drug-likeness (QED) is 0.645.